The minimum Gasteiger partial charge on any atom is -0.497 e. The van der Waals surface area contributed by atoms with Crippen molar-refractivity contribution >= 4 is 44.6 Å². The number of hydrogen-bond donors (Lipinski definition) is 3. The van der Waals surface area contributed by atoms with Gasteiger partial charge in [-0.2, -0.15) is 0 Å². The summed E-state index contributed by atoms with van der Waals surface area (Å²) in [5.74, 6) is 0.227. The first-order valence-corrected chi connectivity index (χ1v) is 10.8. The number of nitrogens with one attached hydrogen (secondary N) is 2. The second-order valence-electron chi connectivity index (χ2n) is 7.32. The molecule has 2 amide bonds. The van der Waals surface area contributed by atoms with Gasteiger partial charge in [0, 0.05) is 48.3 Å². The molecule has 31 heavy (non-hydrogen) atoms. The van der Waals surface area contributed by atoms with E-state index in [1.165, 1.54) is 11.3 Å². The monoisotopic (exact) mass is 440 g/mol. The van der Waals surface area contributed by atoms with E-state index in [4.69, 9.17) is 9.94 Å². The molecule has 4 rings (SSSR count). The van der Waals surface area contributed by atoms with Crippen molar-refractivity contribution in [1.82, 2.24) is 10.4 Å². The highest BCUT2D eigenvalue weighted by atomic mass is 32.1. The summed E-state index contributed by atoms with van der Waals surface area (Å²) in [5, 5.41) is 12.6. The maximum absolute atomic E-state index is 12.5. The van der Waals surface area contributed by atoms with E-state index in [-0.39, 0.29) is 5.91 Å². The van der Waals surface area contributed by atoms with Gasteiger partial charge in [-0.3, -0.25) is 19.7 Å². The number of anilines is 2. The summed E-state index contributed by atoms with van der Waals surface area (Å²) in [6, 6.07) is 15.2. The topological polar surface area (TPSA) is 94.1 Å². The molecule has 2 heterocycles. The molecule has 0 atom stereocenters. The quantitative estimate of drug-likeness (QED) is 0.403. The van der Waals surface area contributed by atoms with Crippen molar-refractivity contribution in [3.63, 3.8) is 0 Å². The number of rotatable bonds is 6. The van der Waals surface area contributed by atoms with Crippen LogP contribution in [0.4, 0.5) is 11.4 Å². The van der Waals surface area contributed by atoms with Gasteiger partial charge in [0.1, 0.15) is 5.75 Å². The summed E-state index contributed by atoms with van der Waals surface area (Å²) in [5.41, 5.74) is 3.45. The van der Waals surface area contributed by atoms with Crippen LogP contribution in [0.3, 0.4) is 0 Å². The summed E-state index contributed by atoms with van der Waals surface area (Å²) in [6.07, 6.45) is 0. The summed E-state index contributed by atoms with van der Waals surface area (Å²) in [6.45, 7) is 3.61. The lowest BCUT2D eigenvalue weighted by Crippen LogP contribution is -2.48. The molecule has 0 radical (unpaired) electrons. The van der Waals surface area contributed by atoms with E-state index in [0.29, 0.717) is 17.1 Å². The van der Waals surface area contributed by atoms with Crippen LogP contribution >= 0.6 is 11.3 Å². The summed E-state index contributed by atoms with van der Waals surface area (Å²) >= 11 is 1.26. The number of carbonyl (C=O) groups excluding carboxylic acids is 2. The molecule has 0 aliphatic carbocycles. The second-order valence-corrected chi connectivity index (χ2v) is 8.40. The number of nitrogens with zero attached hydrogens (tertiary/aromatic N) is 2. The number of piperazine rings is 1. The van der Waals surface area contributed by atoms with Crippen molar-refractivity contribution in [3.05, 3.63) is 53.4 Å². The number of carbonyl (C=O) groups is 2. The highest BCUT2D eigenvalue weighted by Crippen LogP contribution is 2.28. The largest absolute Gasteiger partial charge is 0.497 e. The van der Waals surface area contributed by atoms with Crippen LogP contribution in [0.5, 0.6) is 5.75 Å². The van der Waals surface area contributed by atoms with Gasteiger partial charge in [0.2, 0.25) is 5.91 Å². The fourth-order valence-corrected chi connectivity index (χ4v) is 4.64. The van der Waals surface area contributed by atoms with Gasteiger partial charge in [-0.05, 0) is 35.7 Å². The van der Waals surface area contributed by atoms with E-state index < -0.39 is 5.91 Å². The minimum atomic E-state index is -0.542. The molecule has 1 fully saturated rings. The Bertz CT molecular complexity index is 1090. The van der Waals surface area contributed by atoms with Gasteiger partial charge in [-0.25, -0.2) is 5.48 Å². The molecular weight excluding hydrogens is 416 g/mol. The van der Waals surface area contributed by atoms with Crippen molar-refractivity contribution in [1.29, 1.82) is 0 Å². The molecule has 0 unspecified atom stereocenters. The zero-order valence-corrected chi connectivity index (χ0v) is 17.9. The normalized spacial score (nSPS) is 14.5. The number of hydroxylamine groups is 1. The number of benzene rings is 2. The van der Waals surface area contributed by atoms with Gasteiger partial charge < -0.3 is 15.0 Å². The summed E-state index contributed by atoms with van der Waals surface area (Å²) < 4.78 is 6.17. The Morgan fingerprint density at radius 3 is 2.65 bits per heavy atom. The van der Waals surface area contributed by atoms with E-state index in [1.807, 2.05) is 36.4 Å². The van der Waals surface area contributed by atoms with E-state index >= 15 is 0 Å². The lowest BCUT2D eigenvalue weighted by molar-refractivity contribution is -0.117. The Balaban J connectivity index is 1.31. The maximum Gasteiger partial charge on any atom is 0.284 e. The van der Waals surface area contributed by atoms with Crippen LogP contribution in [0, 0.1) is 0 Å². The molecule has 1 saturated heterocycles. The van der Waals surface area contributed by atoms with E-state index in [0.717, 1.165) is 47.7 Å². The smallest absolute Gasteiger partial charge is 0.284 e. The Hall–Kier alpha value is -3.14. The Morgan fingerprint density at radius 2 is 1.90 bits per heavy atom. The van der Waals surface area contributed by atoms with Crippen LogP contribution in [0.1, 0.15) is 9.67 Å². The summed E-state index contributed by atoms with van der Waals surface area (Å²) in [7, 11) is 1.66. The first kappa shape index (κ1) is 21.1. The molecular formula is C22H24N4O4S. The zero-order valence-electron chi connectivity index (χ0n) is 17.1. The number of thiophene rings is 1. The van der Waals surface area contributed by atoms with Crippen molar-refractivity contribution in [2.24, 2.45) is 0 Å². The summed E-state index contributed by atoms with van der Waals surface area (Å²) in [4.78, 5) is 29.0. The Kier molecular flexibility index (Phi) is 6.36. The highest BCUT2D eigenvalue weighted by molar-refractivity contribution is 7.20. The molecule has 0 saturated carbocycles. The Morgan fingerprint density at radius 1 is 1.10 bits per heavy atom. The molecule has 3 N–H and O–H groups in total. The van der Waals surface area contributed by atoms with Crippen LogP contribution in [-0.2, 0) is 4.79 Å². The average Bonchev–Trinajstić information content (AvgIpc) is 3.22. The predicted octanol–water partition coefficient (Wildman–Crippen LogP) is 2.79. The van der Waals surface area contributed by atoms with Crippen molar-refractivity contribution < 1.29 is 19.5 Å². The van der Waals surface area contributed by atoms with E-state index in [2.05, 4.69) is 21.2 Å². The molecule has 1 aromatic heterocycles. The second kappa shape index (κ2) is 9.34. The number of methoxy groups -OCH3 is 1. The molecule has 162 valence electrons. The number of amides is 2. The van der Waals surface area contributed by atoms with Gasteiger partial charge in [-0.1, -0.05) is 12.1 Å². The molecule has 1 aliphatic rings. The standard InChI is InChI=1S/C22H24N4O4S/c1-30-18-4-2-3-17(13-18)26-9-7-25(8-10-26)14-21(27)23-16-6-5-15-11-20(22(28)24-29)31-19(15)12-16/h2-6,11-13,29H,7-10,14H2,1H3,(H,23,27)(H,24,28). The first-order valence-electron chi connectivity index (χ1n) is 9.95. The third-order valence-electron chi connectivity index (χ3n) is 5.29. The third kappa shape index (κ3) is 4.96. The highest BCUT2D eigenvalue weighted by Gasteiger charge is 2.20. The fraction of sp³-hybridized carbons (Fsp3) is 0.273. The lowest BCUT2D eigenvalue weighted by atomic mass is 10.2. The molecule has 9 heteroatoms. The van der Waals surface area contributed by atoms with E-state index in [1.54, 1.807) is 18.7 Å². The Labute approximate surface area is 184 Å². The predicted molar refractivity (Wildman–Crippen MR) is 121 cm³/mol. The maximum atomic E-state index is 12.5. The molecule has 2 aromatic carbocycles. The number of ether oxygens (including phenoxy) is 1. The van der Waals surface area contributed by atoms with Gasteiger partial charge in [0.05, 0.1) is 18.5 Å². The molecule has 0 spiro atoms. The fourth-order valence-electron chi connectivity index (χ4n) is 3.65. The van der Waals surface area contributed by atoms with Gasteiger partial charge in [0.25, 0.3) is 5.91 Å². The van der Waals surface area contributed by atoms with Crippen LogP contribution < -0.4 is 20.4 Å². The van der Waals surface area contributed by atoms with Crippen LogP contribution in [0.25, 0.3) is 10.1 Å². The lowest BCUT2D eigenvalue weighted by Gasteiger charge is -2.35. The third-order valence-corrected chi connectivity index (χ3v) is 6.38. The average molecular weight is 441 g/mol. The first-order chi connectivity index (χ1) is 15.1. The van der Waals surface area contributed by atoms with Crippen LogP contribution in [-0.4, -0.2) is 61.8 Å². The molecule has 1 aliphatic heterocycles. The van der Waals surface area contributed by atoms with E-state index in [9.17, 15) is 9.59 Å². The zero-order chi connectivity index (χ0) is 21.8. The van der Waals surface area contributed by atoms with Gasteiger partial charge >= 0.3 is 0 Å². The number of hydrogen-bond acceptors (Lipinski definition) is 7. The molecule has 8 nitrogen and oxygen atoms in total. The van der Waals surface area contributed by atoms with Crippen molar-refractivity contribution in [2.45, 2.75) is 0 Å². The van der Waals surface area contributed by atoms with Crippen LogP contribution in [0.2, 0.25) is 0 Å². The minimum absolute atomic E-state index is 0.0703. The van der Waals surface area contributed by atoms with Gasteiger partial charge in [-0.15, -0.1) is 11.3 Å². The molecule has 3 aromatic rings. The SMILES string of the molecule is COc1cccc(N2CCN(CC(=O)Nc3ccc4cc(C(=O)NO)sc4c3)CC2)c1. The molecule has 0 bridgehead atoms. The van der Waals surface area contributed by atoms with Crippen molar-refractivity contribution in [3.8, 4) is 5.75 Å². The van der Waals surface area contributed by atoms with Crippen LogP contribution in [0.15, 0.2) is 48.5 Å². The van der Waals surface area contributed by atoms with Crippen molar-refractivity contribution in [2.75, 3.05) is 50.1 Å². The van der Waals surface area contributed by atoms with Gasteiger partial charge in [0.15, 0.2) is 0 Å². The number of fused-ring (bicyclic) bond motifs is 1.